The highest BCUT2D eigenvalue weighted by molar-refractivity contribution is 7.80. The summed E-state index contributed by atoms with van der Waals surface area (Å²) in [5, 5.41) is 3.95. The van der Waals surface area contributed by atoms with E-state index in [0.717, 1.165) is 17.1 Å². The minimum Gasteiger partial charge on any atom is -0.497 e. The molecule has 1 N–H and O–H groups in total. The van der Waals surface area contributed by atoms with Gasteiger partial charge < -0.3 is 24.1 Å². The van der Waals surface area contributed by atoms with Crippen LogP contribution in [0, 0.1) is 0 Å². The Hall–Kier alpha value is -3.06. The normalized spacial score (nSPS) is 19.0. The highest BCUT2D eigenvalue weighted by Crippen LogP contribution is 2.45. The second-order valence-corrected chi connectivity index (χ2v) is 6.44. The number of hydrogen-bond acceptors (Lipinski definition) is 5. The van der Waals surface area contributed by atoms with Gasteiger partial charge in [0.1, 0.15) is 23.3 Å². The molecule has 0 saturated carbocycles. The zero-order valence-corrected chi connectivity index (χ0v) is 15.8. The number of benzene rings is 1. The Kier molecular flexibility index (Phi) is 4.68. The number of pyridine rings is 1. The van der Waals surface area contributed by atoms with Gasteiger partial charge in [0.25, 0.3) is 0 Å². The highest BCUT2D eigenvalue weighted by atomic mass is 32.1. The minimum atomic E-state index is -0.219. The monoisotopic (exact) mass is 381 g/mol. The number of hydrogen-bond donors (Lipinski definition) is 1. The first-order valence-electron chi connectivity index (χ1n) is 8.49. The van der Waals surface area contributed by atoms with E-state index in [1.54, 1.807) is 26.7 Å². The van der Waals surface area contributed by atoms with Gasteiger partial charge in [0.2, 0.25) is 0 Å². The van der Waals surface area contributed by atoms with Crippen molar-refractivity contribution in [2.24, 2.45) is 0 Å². The largest absolute Gasteiger partial charge is 0.497 e. The van der Waals surface area contributed by atoms with Crippen LogP contribution in [0.1, 0.15) is 23.5 Å². The first-order valence-corrected chi connectivity index (χ1v) is 8.90. The molecule has 1 saturated heterocycles. The van der Waals surface area contributed by atoms with Gasteiger partial charge in [-0.05, 0) is 48.6 Å². The number of furan rings is 1. The molecule has 4 rings (SSSR count). The second kappa shape index (κ2) is 7.28. The summed E-state index contributed by atoms with van der Waals surface area (Å²) in [5.41, 5.74) is 1.68. The molecule has 0 spiro atoms. The summed E-state index contributed by atoms with van der Waals surface area (Å²) in [6, 6.07) is 14.9. The molecule has 1 aromatic carbocycles. The molecule has 0 aliphatic carbocycles. The van der Waals surface area contributed by atoms with E-state index in [4.69, 9.17) is 26.1 Å². The average Bonchev–Trinajstić information content (AvgIpc) is 3.35. The van der Waals surface area contributed by atoms with E-state index in [1.165, 1.54) is 0 Å². The van der Waals surface area contributed by atoms with Crippen LogP contribution in [0.15, 0.2) is 65.4 Å². The van der Waals surface area contributed by atoms with E-state index in [-0.39, 0.29) is 12.1 Å². The lowest BCUT2D eigenvalue weighted by Crippen LogP contribution is -2.29. The van der Waals surface area contributed by atoms with Crippen molar-refractivity contribution < 1.29 is 13.9 Å². The molecule has 3 heterocycles. The summed E-state index contributed by atoms with van der Waals surface area (Å²) in [6.45, 7) is 0. The maximum absolute atomic E-state index is 5.76. The van der Waals surface area contributed by atoms with Crippen LogP contribution in [-0.4, -0.2) is 24.3 Å². The van der Waals surface area contributed by atoms with E-state index >= 15 is 0 Å². The van der Waals surface area contributed by atoms with E-state index in [0.29, 0.717) is 16.6 Å². The van der Waals surface area contributed by atoms with Crippen molar-refractivity contribution in [1.29, 1.82) is 0 Å². The van der Waals surface area contributed by atoms with Crippen LogP contribution < -0.4 is 19.7 Å². The SMILES string of the molecule is COc1ccc(OC)c(N2C(=S)NC(c3ccccn3)C2c2ccco2)c1. The van der Waals surface area contributed by atoms with Crippen LogP contribution in [0.4, 0.5) is 5.69 Å². The fourth-order valence-corrected chi connectivity index (χ4v) is 3.69. The minimum absolute atomic E-state index is 0.166. The van der Waals surface area contributed by atoms with Gasteiger partial charge in [-0.15, -0.1) is 0 Å². The van der Waals surface area contributed by atoms with Crippen molar-refractivity contribution in [3.05, 3.63) is 72.4 Å². The third-order valence-corrected chi connectivity index (χ3v) is 4.89. The van der Waals surface area contributed by atoms with Crippen molar-refractivity contribution in [3.8, 4) is 11.5 Å². The Morgan fingerprint density at radius 1 is 1.11 bits per heavy atom. The van der Waals surface area contributed by atoms with Gasteiger partial charge in [-0.1, -0.05) is 6.07 Å². The first kappa shape index (κ1) is 17.4. The Morgan fingerprint density at radius 3 is 2.67 bits per heavy atom. The Labute approximate surface area is 162 Å². The maximum Gasteiger partial charge on any atom is 0.174 e. The summed E-state index contributed by atoms with van der Waals surface area (Å²) in [5.74, 6) is 2.19. The molecule has 1 aliphatic heterocycles. The third kappa shape index (κ3) is 3.10. The number of methoxy groups -OCH3 is 2. The van der Waals surface area contributed by atoms with Crippen LogP contribution >= 0.6 is 12.2 Å². The fraction of sp³-hybridized carbons (Fsp3) is 0.200. The summed E-state index contributed by atoms with van der Waals surface area (Å²) >= 11 is 5.69. The molecular weight excluding hydrogens is 362 g/mol. The molecule has 0 radical (unpaired) electrons. The number of thiocarbonyl (C=S) groups is 1. The molecule has 0 amide bonds. The first-order chi connectivity index (χ1) is 13.2. The van der Waals surface area contributed by atoms with E-state index < -0.39 is 0 Å². The van der Waals surface area contributed by atoms with Crippen LogP contribution in [0.2, 0.25) is 0 Å². The summed E-state index contributed by atoms with van der Waals surface area (Å²) < 4.78 is 16.7. The van der Waals surface area contributed by atoms with Crippen molar-refractivity contribution in [3.63, 3.8) is 0 Å². The standard InChI is InChI=1S/C20H19N3O3S/c1-24-13-8-9-16(25-2)15(12-13)23-19(17-7-5-11-26-17)18(22-20(23)27)14-6-3-4-10-21-14/h3-12,18-19H,1-2H3,(H,22,27). The molecule has 2 atom stereocenters. The molecule has 2 aromatic heterocycles. The number of nitrogens with zero attached hydrogens (tertiary/aromatic N) is 2. The van der Waals surface area contributed by atoms with Gasteiger partial charge >= 0.3 is 0 Å². The number of ether oxygens (including phenoxy) is 2. The molecule has 7 heteroatoms. The van der Waals surface area contributed by atoms with Crippen LogP contribution in [0.5, 0.6) is 11.5 Å². The molecule has 6 nitrogen and oxygen atoms in total. The Balaban J connectivity index is 1.85. The van der Waals surface area contributed by atoms with Gasteiger partial charge in [0.15, 0.2) is 5.11 Å². The zero-order chi connectivity index (χ0) is 18.8. The summed E-state index contributed by atoms with van der Waals surface area (Å²) in [4.78, 5) is 6.51. The molecule has 2 unspecified atom stereocenters. The molecule has 138 valence electrons. The van der Waals surface area contributed by atoms with E-state index in [1.807, 2.05) is 53.4 Å². The lowest BCUT2D eigenvalue weighted by atomic mass is 10.0. The Morgan fingerprint density at radius 2 is 2.00 bits per heavy atom. The number of anilines is 1. The predicted molar refractivity (Wildman–Crippen MR) is 106 cm³/mol. The highest BCUT2D eigenvalue weighted by Gasteiger charge is 2.43. The predicted octanol–water partition coefficient (Wildman–Crippen LogP) is 3.87. The quantitative estimate of drug-likeness (QED) is 0.673. The van der Waals surface area contributed by atoms with Crippen LogP contribution in [0.25, 0.3) is 0 Å². The van der Waals surface area contributed by atoms with Crippen LogP contribution in [0.3, 0.4) is 0 Å². The summed E-state index contributed by atoms with van der Waals surface area (Å²) in [7, 11) is 3.27. The van der Waals surface area contributed by atoms with Gasteiger partial charge in [-0.25, -0.2) is 0 Å². The fourth-order valence-electron chi connectivity index (χ4n) is 3.35. The molecule has 3 aromatic rings. The second-order valence-electron chi connectivity index (χ2n) is 6.05. The van der Waals surface area contributed by atoms with E-state index in [9.17, 15) is 0 Å². The van der Waals surface area contributed by atoms with Gasteiger partial charge in [-0.3, -0.25) is 4.98 Å². The molecule has 27 heavy (non-hydrogen) atoms. The maximum atomic E-state index is 5.76. The summed E-state index contributed by atoms with van der Waals surface area (Å²) in [6.07, 6.45) is 3.43. The van der Waals surface area contributed by atoms with Crippen molar-refractivity contribution in [2.75, 3.05) is 19.1 Å². The zero-order valence-electron chi connectivity index (χ0n) is 15.0. The number of aromatic nitrogens is 1. The van der Waals surface area contributed by atoms with E-state index in [2.05, 4.69) is 10.3 Å². The van der Waals surface area contributed by atoms with Gasteiger partial charge in [0, 0.05) is 12.3 Å². The van der Waals surface area contributed by atoms with Gasteiger partial charge in [-0.2, -0.15) is 0 Å². The molecule has 1 aliphatic rings. The lowest BCUT2D eigenvalue weighted by molar-refractivity contribution is 0.399. The molecule has 1 fully saturated rings. The lowest BCUT2D eigenvalue weighted by Gasteiger charge is -2.27. The third-order valence-electron chi connectivity index (χ3n) is 4.58. The average molecular weight is 381 g/mol. The van der Waals surface area contributed by atoms with Crippen LogP contribution in [-0.2, 0) is 0 Å². The number of rotatable bonds is 5. The molecule has 0 bridgehead atoms. The van der Waals surface area contributed by atoms with Gasteiger partial charge in [0.05, 0.1) is 37.9 Å². The van der Waals surface area contributed by atoms with Crippen molar-refractivity contribution in [1.82, 2.24) is 10.3 Å². The smallest absolute Gasteiger partial charge is 0.174 e. The topological polar surface area (TPSA) is 59.8 Å². The Bertz CT molecular complexity index is 931. The van der Waals surface area contributed by atoms with Crippen molar-refractivity contribution >= 4 is 23.0 Å². The molecular formula is C20H19N3O3S. The number of nitrogens with one attached hydrogen (secondary N) is 1. The van der Waals surface area contributed by atoms with Crippen molar-refractivity contribution in [2.45, 2.75) is 12.1 Å².